The van der Waals surface area contributed by atoms with E-state index in [0.717, 1.165) is 11.6 Å². The third kappa shape index (κ3) is 2.98. The molecule has 2 unspecified atom stereocenters. The van der Waals surface area contributed by atoms with Gasteiger partial charge in [0.1, 0.15) is 6.33 Å². The molecule has 0 aromatic carbocycles. The van der Waals surface area contributed by atoms with Gasteiger partial charge in [0.05, 0.1) is 0 Å². The highest BCUT2D eigenvalue weighted by Crippen LogP contribution is 2.30. The van der Waals surface area contributed by atoms with Gasteiger partial charge in [-0.1, -0.05) is 37.4 Å². The van der Waals surface area contributed by atoms with E-state index >= 15 is 0 Å². The van der Waals surface area contributed by atoms with Crippen LogP contribution in [0.15, 0.2) is 11.5 Å². The van der Waals surface area contributed by atoms with E-state index in [1.54, 1.807) is 18.1 Å². The van der Waals surface area contributed by atoms with Crippen LogP contribution in [-0.2, 0) is 7.05 Å². The Kier molecular flexibility index (Phi) is 4.23. The van der Waals surface area contributed by atoms with Gasteiger partial charge in [-0.15, -0.1) is 0 Å². The Balaban J connectivity index is 1.98. The number of aryl methyl sites for hydroxylation is 1. The molecule has 2 rings (SSSR count). The van der Waals surface area contributed by atoms with Gasteiger partial charge in [-0.3, -0.25) is 0 Å². The van der Waals surface area contributed by atoms with Crippen molar-refractivity contribution in [3.63, 3.8) is 0 Å². The van der Waals surface area contributed by atoms with Crippen LogP contribution in [0.5, 0.6) is 0 Å². The predicted octanol–water partition coefficient (Wildman–Crippen LogP) is 1.96. The van der Waals surface area contributed by atoms with E-state index in [1.807, 2.05) is 11.7 Å². The summed E-state index contributed by atoms with van der Waals surface area (Å²) in [4.78, 5) is 4.26. The Morgan fingerprint density at radius 3 is 2.75 bits per heavy atom. The van der Waals surface area contributed by atoms with Crippen molar-refractivity contribution in [3.8, 4) is 0 Å². The Morgan fingerprint density at radius 2 is 2.06 bits per heavy atom. The maximum atomic E-state index is 6.24. The third-order valence-electron chi connectivity index (χ3n) is 3.18. The van der Waals surface area contributed by atoms with Gasteiger partial charge in [0.2, 0.25) is 0 Å². The fourth-order valence-electron chi connectivity index (χ4n) is 2.15. The van der Waals surface area contributed by atoms with Crippen LogP contribution in [-0.4, -0.2) is 26.1 Å². The number of nitrogens with zero attached hydrogens (tertiary/aromatic N) is 3. The third-order valence-corrected chi connectivity index (χ3v) is 4.65. The minimum atomic E-state index is 0.307. The second-order valence-electron chi connectivity index (χ2n) is 4.48. The van der Waals surface area contributed by atoms with E-state index in [0.29, 0.717) is 11.3 Å². The van der Waals surface area contributed by atoms with Crippen molar-refractivity contribution in [2.45, 2.75) is 55.0 Å². The average Bonchev–Trinajstić information content (AvgIpc) is 2.64. The standard InChI is InChI=1S/C11H20N4S/c1-15-11(13-8-14-15)16-10-7-5-3-2-4-6-9(10)12/h8-10H,2-7,12H2,1H3. The highest BCUT2D eigenvalue weighted by molar-refractivity contribution is 7.99. The van der Waals surface area contributed by atoms with Gasteiger partial charge in [0.15, 0.2) is 5.16 Å². The summed E-state index contributed by atoms with van der Waals surface area (Å²) in [6.45, 7) is 0. The van der Waals surface area contributed by atoms with Crippen LogP contribution < -0.4 is 5.73 Å². The predicted molar refractivity (Wildman–Crippen MR) is 66.3 cm³/mol. The van der Waals surface area contributed by atoms with Gasteiger partial charge in [0, 0.05) is 18.3 Å². The van der Waals surface area contributed by atoms with Crippen molar-refractivity contribution in [3.05, 3.63) is 6.33 Å². The molecule has 90 valence electrons. The van der Waals surface area contributed by atoms with E-state index in [1.165, 1.54) is 32.1 Å². The molecule has 5 heteroatoms. The SMILES string of the molecule is Cn1ncnc1SC1CCCCCCC1N. The molecule has 2 N–H and O–H groups in total. The zero-order valence-corrected chi connectivity index (χ0v) is 10.6. The average molecular weight is 240 g/mol. The first kappa shape index (κ1) is 11.9. The Bertz CT molecular complexity index is 326. The van der Waals surface area contributed by atoms with Gasteiger partial charge >= 0.3 is 0 Å². The van der Waals surface area contributed by atoms with Crippen LogP contribution in [0, 0.1) is 0 Å². The topological polar surface area (TPSA) is 56.7 Å². The van der Waals surface area contributed by atoms with Gasteiger partial charge in [0.25, 0.3) is 0 Å². The van der Waals surface area contributed by atoms with E-state index in [2.05, 4.69) is 10.1 Å². The fraction of sp³-hybridized carbons (Fsp3) is 0.818. The Morgan fingerprint density at radius 1 is 1.31 bits per heavy atom. The highest BCUT2D eigenvalue weighted by Gasteiger charge is 2.22. The van der Waals surface area contributed by atoms with E-state index in [9.17, 15) is 0 Å². The molecule has 0 radical (unpaired) electrons. The number of hydrogen-bond acceptors (Lipinski definition) is 4. The second-order valence-corrected chi connectivity index (χ2v) is 5.68. The molecule has 1 saturated carbocycles. The van der Waals surface area contributed by atoms with Gasteiger partial charge < -0.3 is 5.73 Å². The van der Waals surface area contributed by atoms with Crippen LogP contribution in [0.4, 0.5) is 0 Å². The number of thioether (sulfide) groups is 1. The summed E-state index contributed by atoms with van der Waals surface area (Å²) < 4.78 is 1.83. The first-order valence-corrected chi connectivity index (χ1v) is 6.91. The molecule has 0 bridgehead atoms. The zero-order valence-electron chi connectivity index (χ0n) is 9.80. The van der Waals surface area contributed by atoms with Crippen LogP contribution in [0.3, 0.4) is 0 Å². The van der Waals surface area contributed by atoms with Gasteiger partial charge in [-0.25, -0.2) is 9.67 Å². The lowest BCUT2D eigenvalue weighted by Crippen LogP contribution is -2.33. The lowest BCUT2D eigenvalue weighted by atomic mass is 9.97. The molecule has 1 aliphatic carbocycles. The van der Waals surface area contributed by atoms with Crippen molar-refractivity contribution < 1.29 is 0 Å². The lowest BCUT2D eigenvalue weighted by molar-refractivity contribution is 0.462. The van der Waals surface area contributed by atoms with E-state index in [-0.39, 0.29) is 0 Å². The molecule has 16 heavy (non-hydrogen) atoms. The van der Waals surface area contributed by atoms with Crippen LogP contribution >= 0.6 is 11.8 Å². The van der Waals surface area contributed by atoms with Crippen LogP contribution in [0.1, 0.15) is 38.5 Å². The van der Waals surface area contributed by atoms with Crippen molar-refractivity contribution >= 4 is 11.8 Å². The molecule has 1 heterocycles. The molecule has 0 aliphatic heterocycles. The fourth-order valence-corrected chi connectivity index (χ4v) is 3.33. The first-order chi connectivity index (χ1) is 7.77. The summed E-state index contributed by atoms with van der Waals surface area (Å²) in [6.07, 6.45) is 9.23. The molecular weight excluding hydrogens is 220 g/mol. The molecule has 1 fully saturated rings. The number of aromatic nitrogens is 3. The molecule has 0 amide bonds. The Labute approximate surface area is 101 Å². The zero-order chi connectivity index (χ0) is 11.4. The van der Waals surface area contributed by atoms with Crippen molar-refractivity contribution in [1.29, 1.82) is 0 Å². The molecule has 0 saturated heterocycles. The summed E-state index contributed by atoms with van der Waals surface area (Å²) in [5.74, 6) is 0. The van der Waals surface area contributed by atoms with Crippen LogP contribution in [0.25, 0.3) is 0 Å². The number of nitrogens with two attached hydrogens (primary N) is 1. The normalized spacial score (nSPS) is 27.4. The summed E-state index contributed by atoms with van der Waals surface area (Å²) in [5, 5.41) is 5.58. The summed E-state index contributed by atoms with van der Waals surface area (Å²) >= 11 is 1.79. The number of rotatable bonds is 2. The maximum Gasteiger partial charge on any atom is 0.186 e. The van der Waals surface area contributed by atoms with Crippen molar-refractivity contribution in [2.24, 2.45) is 12.8 Å². The minimum Gasteiger partial charge on any atom is -0.327 e. The maximum absolute atomic E-state index is 6.24. The highest BCUT2D eigenvalue weighted by atomic mass is 32.2. The molecular formula is C11H20N4S. The molecule has 0 spiro atoms. The summed E-state index contributed by atoms with van der Waals surface area (Å²) in [7, 11) is 1.93. The molecule has 1 aliphatic rings. The van der Waals surface area contributed by atoms with E-state index < -0.39 is 0 Å². The van der Waals surface area contributed by atoms with Gasteiger partial charge in [-0.2, -0.15) is 5.10 Å². The van der Waals surface area contributed by atoms with Crippen molar-refractivity contribution in [1.82, 2.24) is 14.8 Å². The smallest absolute Gasteiger partial charge is 0.186 e. The second kappa shape index (κ2) is 5.68. The number of hydrogen-bond donors (Lipinski definition) is 1. The van der Waals surface area contributed by atoms with E-state index in [4.69, 9.17) is 5.73 Å². The van der Waals surface area contributed by atoms with Gasteiger partial charge in [-0.05, 0) is 12.8 Å². The molecule has 1 aromatic rings. The minimum absolute atomic E-state index is 0.307. The van der Waals surface area contributed by atoms with Crippen LogP contribution in [0.2, 0.25) is 0 Å². The van der Waals surface area contributed by atoms with Crippen molar-refractivity contribution in [2.75, 3.05) is 0 Å². The quantitative estimate of drug-likeness (QED) is 0.858. The lowest BCUT2D eigenvalue weighted by Gasteiger charge is -2.25. The summed E-state index contributed by atoms with van der Waals surface area (Å²) in [5.41, 5.74) is 6.24. The molecule has 4 nitrogen and oxygen atoms in total. The first-order valence-electron chi connectivity index (χ1n) is 6.03. The monoisotopic (exact) mass is 240 g/mol. The molecule has 2 atom stereocenters. The molecule has 1 aromatic heterocycles. The largest absolute Gasteiger partial charge is 0.327 e. The summed E-state index contributed by atoms with van der Waals surface area (Å²) in [6, 6.07) is 0.307. The Hall–Kier alpha value is -0.550.